The van der Waals surface area contributed by atoms with Crippen molar-refractivity contribution in [2.75, 3.05) is 24.3 Å². The fourth-order valence-electron chi connectivity index (χ4n) is 2.80. The average Bonchev–Trinajstić information content (AvgIpc) is 3.24. The molecule has 29 heavy (non-hydrogen) atoms. The second-order valence-electron chi connectivity index (χ2n) is 6.83. The summed E-state index contributed by atoms with van der Waals surface area (Å²) in [6.07, 6.45) is 3.00. The summed E-state index contributed by atoms with van der Waals surface area (Å²) < 4.78 is 0. The van der Waals surface area contributed by atoms with Gasteiger partial charge in [-0.2, -0.15) is 0 Å². The molecule has 0 saturated carbocycles. The molecule has 2 aromatic carbocycles. The molecule has 0 bridgehead atoms. The van der Waals surface area contributed by atoms with Gasteiger partial charge in [0, 0.05) is 31.9 Å². The number of carbonyl (C=O) groups is 1. The third-order valence-corrected chi connectivity index (χ3v) is 5.20. The number of nitrogens with one attached hydrogen (secondary N) is 1. The SMILES string of the molecule is CN(C)c1ccc(NC(=O)C[CH]Cc2cccc(N=C(N)c3cccs3)c2)cc1. The molecule has 6 heteroatoms. The van der Waals surface area contributed by atoms with Gasteiger partial charge in [-0.15, -0.1) is 11.3 Å². The first-order chi connectivity index (χ1) is 14.0. The van der Waals surface area contributed by atoms with Gasteiger partial charge in [0.1, 0.15) is 5.84 Å². The number of carbonyl (C=O) groups excluding carboxylic acids is 1. The summed E-state index contributed by atoms with van der Waals surface area (Å²) in [6, 6.07) is 19.6. The molecule has 0 unspecified atom stereocenters. The highest BCUT2D eigenvalue weighted by atomic mass is 32.1. The van der Waals surface area contributed by atoms with Crippen LogP contribution in [0.2, 0.25) is 0 Å². The molecule has 0 aliphatic rings. The van der Waals surface area contributed by atoms with E-state index in [9.17, 15) is 4.79 Å². The number of amides is 1. The zero-order chi connectivity index (χ0) is 20.6. The lowest BCUT2D eigenvalue weighted by molar-refractivity contribution is -0.115. The Morgan fingerprint density at radius 2 is 1.93 bits per heavy atom. The summed E-state index contributed by atoms with van der Waals surface area (Å²) in [5.41, 5.74) is 9.86. The smallest absolute Gasteiger partial charge is 0.224 e. The molecule has 1 amide bonds. The van der Waals surface area contributed by atoms with Crippen molar-refractivity contribution < 1.29 is 4.79 Å². The zero-order valence-corrected chi connectivity index (χ0v) is 17.4. The highest BCUT2D eigenvalue weighted by Crippen LogP contribution is 2.19. The highest BCUT2D eigenvalue weighted by Gasteiger charge is 2.05. The van der Waals surface area contributed by atoms with Crippen molar-refractivity contribution in [3.63, 3.8) is 0 Å². The van der Waals surface area contributed by atoms with Crippen LogP contribution < -0.4 is 16.0 Å². The molecule has 3 N–H and O–H groups in total. The number of nitrogens with two attached hydrogens (primary N) is 1. The minimum absolute atomic E-state index is 0.0290. The quantitative estimate of drug-likeness (QED) is 0.424. The number of thiophene rings is 1. The van der Waals surface area contributed by atoms with Crippen LogP contribution in [-0.2, 0) is 11.2 Å². The Kier molecular flexibility index (Phi) is 7.03. The summed E-state index contributed by atoms with van der Waals surface area (Å²) in [7, 11) is 3.97. The average molecular weight is 406 g/mol. The second-order valence-corrected chi connectivity index (χ2v) is 7.78. The molecule has 1 heterocycles. The first kappa shape index (κ1) is 20.6. The lowest BCUT2D eigenvalue weighted by Gasteiger charge is -2.13. The molecule has 1 aromatic heterocycles. The molecule has 0 aliphatic heterocycles. The van der Waals surface area contributed by atoms with E-state index in [-0.39, 0.29) is 5.91 Å². The van der Waals surface area contributed by atoms with Crippen LogP contribution in [0.3, 0.4) is 0 Å². The number of anilines is 2. The number of benzene rings is 2. The van der Waals surface area contributed by atoms with Crippen LogP contribution in [0.15, 0.2) is 71.0 Å². The molecule has 149 valence electrons. The largest absolute Gasteiger partial charge is 0.383 e. The third kappa shape index (κ3) is 6.19. The summed E-state index contributed by atoms with van der Waals surface area (Å²) >= 11 is 1.57. The maximum atomic E-state index is 12.2. The number of nitrogens with zero attached hydrogens (tertiary/aromatic N) is 2. The standard InChI is InChI=1S/C23H25N4OS/c1-27(2)20-13-11-18(12-14-20)25-22(28)10-4-7-17-6-3-8-19(16-17)26-23(24)21-9-5-15-29-21/h3-6,8-9,11-16H,7,10H2,1-2H3,(H2,24,26)(H,25,28). The van der Waals surface area contributed by atoms with Crippen molar-refractivity contribution in [2.24, 2.45) is 10.7 Å². The molecule has 0 fully saturated rings. The Morgan fingerprint density at radius 3 is 2.62 bits per heavy atom. The molecule has 3 aromatic rings. The fourth-order valence-corrected chi connectivity index (χ4v) is 3.42. The number of hydrogen-bond acceptors (Lipinski definition) is 4. The molecule has 0 spiro atoms. The van der Waals surface area contributed by atoms with E-state index in [1.54, 1.807) is 11.3 Å². The van der Waals surface area contributed by atoms with Gasteiger partial charge in [0.2, 0.25) is 5.91 Å². The van der Waals surface area contributed by atoms with E-state index in [0.29, 0.717) is 18.7 Å². The Bertz CT molecular complexity index is 963. The van der Waals surface area contributed by atoms with Gasteiger partial charge in [0.15, 0.2) is 0 Å². The van der Waals surface area contributed by atoms with E-state index < -0.39 is 0 Å². The third-order valence-electron chi connectivity index (χ3n) is 4.31. The van der Waals surface area contributed by atoms with Gasteiger partial charge in [0.05, 0.1) is 10.6 Å². The van der Waals surface area contributed by atoms with Crippen molar-refractivity contribution in [1.82, 2.24) is 0 Å². The molecule has 1 radical (unpaired) electrons. The van der Waals surface area contributed by atoms with Gasteiger partial charge in [0.25, 0.3) is 0 Å². The maximum absolute atomic E-state index is 12.2. The van der Waals surface area contributed by atoms with Crippen LogP contribution in [0, 0.1) is 6.42 Å². The van der Waals surface area contributed by atoms with Gasteiger partial charge < -0.3 is 16.0 Å². The molecule has 3 rings (SSSR count). The fraction of sp³-hybridized carbons (Fsp3) is 0.174. The van der Waals surface area contributed by atoms with E-state index in [2.05, 4.69) is 10.3 Å². The Hall–Kier alpha value is -3.12. The van der Waals surface area contributed by atoms with E-state index in [1.165, 1.54) is 0 Å². The van der Waals surface area contributed by atoms with Crippen molar-refractivity contribution in [1.29, 1.82) is 0 Å². The van der Waals surface area contributed by atoms with Crippen LogP contribution in [0.5, 0.6) is 0 Å². The lowest BCUT2D eigenvalue weighted by Crippen LogP contribution is -2.12. The molecular formula is C23H25N4OS. The monoisotopic (exact) mass is 405 g/mol. The van der Waals surface area contributed by atoms with Crippen molar-refractivity contribution >= 4 is 40.1 Å². The summed E-state index contributed by atoms with van der Waals surface area (Å²) in [5.74, 6) is 0.486. The zero-order valence-electron chi connectivity index (χ0n) is 16.6. The van der Waals surface area contributed by atoms with Crippen LogP contribution in [0.25, 0.3) is 0 Å². The number of aliphatic imine (C=N–C) groups is 1. The van der Waals surface area contributed by atoms with Crippen molar-refractivity contribution in [3.05, 3.63) is 82.9 Å². The molecule has 0 atom stereocenters. The Balaban J connectivity index is 1.50. The summed E-state index contributed by atoms with van der Waals surface area (Å²) in [4.78, 5) is 19.6. The Labute approximate surface area is 175 Å². The van der Waals surface area contributed by atoms with Gasteiger partial charge in [-0.25, -0.2) is 4.99 Å². The predicted octanol–water partition coefficient (Wildman–Crippen LogP) is 4.63. The maximum Gasteiger partial charge on any atom is 0.224 e. The lowest BCUT2D eigenvalue weighted by atomic mass is 10.1. The summed E-state index contributed by atoms with van der Waals surface area (Å²) in [5, 5.41) is 4.90. The van der Waals surface area contributed by atoms with Crippen LogP contribution in [0.1, 0.15) is 16.9 Å². The summed E-state index contributed by atoms with van der Waals surface area (Å²) in [6.45, 7) is 0. The molecule has 0 aliphatic carbocycles. The number of amidine groups is 1. The van der Waals surface area contributed by atoms with Crippen LogP contribution in [0.4, 0.5) is 17.1 Å². The van der Waals surface area contributed by atoms with Gasteiger partial charge in [-0.3, -0.25) is 4.79 Å². The van der Waals surface area contributed by atoms with Gasteiger partial charge >= 0.3 is 0 Å². The molecule has 5 nitrogen and oxygen atoms in total. The van der Waals surface area contributed by atoms with Gasteiger partial charge in [-0.1, -0.05) is 18.2 Å². The normalized spacial score (nSPS) is 11.3. The van der Waals surface area contributed by atoms with Crippen LogP contribution >= 0.6 is 11.3 Å². The van der Waals surface area contributed by atoms with Crippen molar-refractivity contribution in [2.45, 2.75) is 12.8 Å². The second kappa shape index (κ2) is 9.89. The number of rotatable bonds is 8. The predicted molar refractivity (Wildman–Crippen MR) is 123 cm³/mol. The first-order valence-electron chi connectivity index (χ1n) is 9.37. The van der Waals surface area contributed by atoms with Crippen LogP contribution in [-0.4, -0.2) is 25.8 Å². The number of hydrogen-bond donors (Lipinski definition) is 2. The van der Waals surface area contributed by atoms with E-state index in [0.717, 1.165) is 27.5 Å². The van der Waals surface area contributed by atoms with E-state index in [4.69, 9.17) is 5.73 Å². The minimum atomic E-state index is -0.0290. The van der Waals surface area contributed by atoms with E-state index >= 15 is 0 Å². The highest BCUT2D eigenvalue weighted by molar-refractivity contribution is 7.12. The molecule has 0 saturated heterocycles. The Morgan fingerprint density at radius 1 is 1.14 bits per heavy atom. The first-order valence-corrected chi connectivity index (χ1v) is 10.2. The minimum Gasteiger partial charge on any atom is -0.383 e. The topological polar surface area (TPSA) is 70.7 Å². The van der Waals surface area contributed by atoms with E-state index in [1.807, 2.05) is 91.5 Å². The van der Waals surface area contributed by atoms with Crippen molar-refractivity contribution in [3.8, 4) is 0 Å². The molecular weight excluding hydrogens is 380 g/mol. The van der Waals surface area contributed by atoms with Gasteiger partial charge in [-0.05, 0) is 66.2 Å².